The Labute approximate surface area is 124 Å². The monoisotopic (exact) mass is 277 g/mol. The molecule has 0 spiro atoms. The molecule has 4 rings (SSSR count). The van der Waals surface area contributed by atoms with Crippen LogP contribution in [-0.2, 0) is 13.0 Å². The first-order valence-corrected chi connectivity index (χ1v) is 7.58. The molecule has 1 aromatic heterocycles. The third kappa shape index (κ3) is 2.29. The van der Waals surface area contributed by atoms with Gasteiger partial charge in [-0.2, -0.15) is 0 Å². The molecule has 0 fully saturated rings. The standard InChI is InChI=1S/C18H19N3/c1-13-8-9-15-16(11-13)20-18(19-15)12-21-10-4-6-14-5-2-3-7-17(14)21/h2-3,5,7-9,11H,4,6,10,12H2,1H3,(H,19,20). The molecule has 0 radical (unpaired) electrons. The van der Waals surface area contributed by atoms with Gasteiger partial charge in [0, 0.05) is 12.2 Å². The van der Waals surface area contributed by atoms with E-state index >= 15 is 0 Å². The second kappa shape index (κ2) is 4.92. The smallest absolute Gasteiger partial charge is 0.126 e. The summed E-state index contributed by atoms with van der Waals surface area (Å²) in [6.07, 6.45) is 2.41. The maximum atomic E-state index is 4.72. The van der Waals surface area contributed by atoms with E-state index in [1.54, 1.807) is 0 Å². The quantitative estimate of drug-likeness (QED) is 0.772. The van der Waals surface area contributed by atoms with Gasteiger partial charge in [0.1, 0.15) is 5.82 Å². The fourth-order valence-corrected chi connectivity index (χ4v) is 3.21. The lowest BCUT2D eigenvalue weighted by atomic mass is 10.0. The fraction of sp³-hybridized carbons (Fsp3) is 0.278. The number of anilines is 1. The molecule has 21 heavy (non-hydrogen) atoms. The van der Waals surface area contributed by atoms with Crippen LogP contribution in [0.25, 0.3) is 11.0 Å². The van der Waals surface area contributed by atoms with Crippen molar-refractivity contribution in [3.05, 3.63) is 59.4 Å². The molecule has 0 saturated carbocycles. The predicted octanol–water partition coefficient (Wildman–Crippen LogP) is 3.82. The van der Waals surface area contributed by atoms with Gasteiger partial charge in [-0.3, -0.25) is 0 Å². The SMILES string of the molecule is Cc1ccc2nc(CN3CCCc4ccccc43)[nH]c2c1. The third-order valence-corrected chi connectivity index (χ3v) is 4.23. The normalized spacial score (nSPS) is 14.4. The molecule has 2 aromatic carbocycles. The van der Waals surface area contributed by atoms with Crippen LogP contribution < -0.4 is 4.90 Å². The number of aromatic amines is 1. The van der Waals surface area contributed by atoms with E-state index in [2.05, 4.69) is 59.3 Å². The molecule has 1 N–H and O–H groups in total. The lowest BCUT2D eigenvalue weighted by Gasteiger charge is -2.30. The van der Waals surface area contributed by atoms with Gasteiger partial charge in [-0.15, -0.1) is 0 Å². The first-order chi connectivity index (χ1) is 10.3. The van der Waals surface area contributed by atoms with E-state index in [1.807, 2.05) is 0 Å². The van der Waals surface area contributed by atoms with Crippen molar-refractivity contribution in [2.75, 3.05) is 11.4 Å². The van der Waals surface area contributed by atoms with Crippen LogP contribution in [0.5, 0.6) is 0 Å². The molecule has 106 valence electrons. The lowest BCUT2D eigenvalue weighted by Crippen LogP contribution is -2.29. The highest BCUT2D eigenvalue weighted by Gasteiger charge is 2.17. The van der Waals surface area contributed by atoms with Crippen molar-refractivity contribution in [2.45, 2.75) is 26.3 Å². The summed E-state index contributed by atoms with van der Waals surface area (Å²) in [6.45, 7) is 4.07. The van der Waals surface area contributed by atoms with Gasteiger partial charge >= 0.3 is 0 Å². The Bertz CT molecular complexity index is 788. The molecule has 0 unspecified atom stereocenters. The topological polar surface area (TPSA) is 31.9 Å². The molecule has 1 aliphatic rings. The summed E-state index contributed by atoms with van der Waals surface area (Å²) in [7, 11) is 0. The molecule has 0 saturated heterocycles. The van der Waals surface area contributed by atoms with Crippen LogP contribution in [0.2, 0.25) is 0 Å². The second-order valence-corrected chi connectivity index (χ2v) is 5.86. The average Bonchev–Trinajstić information content (AvgIpc) is 2.89. The van der Waals surface area contributed by atoms with E-state index in [0.717, 1.165) is 29.9 Å². The van der Waals surface area contributed by atoms with Crippen LogP contribution in [0.15, 0.2) is 42.5 Å². The molecule has 3 nitrogen and oxygen atoms in total. The summed E-state index contributed by atoms with van der Waals surface area (Å²) in [5.74, 6) is 1.05. The van der Waals surface area contributed by atoms with Crippen LogP contribution >= 0.6 is 0 Å². The molecule has 3 heteroatoms. The Morgan fingerprint density at radius 2 is 2.10 bits per heavy atom. The van der Waals surface area contributed by atoms with Gasteiger partial charge in [-0.1, -0.05) is 24.3 Å². The summed E-state index contributed by atoms with van der Waals surface area (Å²) < 4.78 is 0. The largest absolute Gasteiger partial charge is 0.364 e. The number of H-pyrrole nitrogens is 1. The maximum Gasteiger partial charge on any atom is 0.126 e. The zero-order chi connectivity index (χ0) is 14.2. The number of aryl methyl sites for hydroxylation is 2. The number of benzene rings is 2. The van der Waals surface area contributed by atoms with Crippen molar-refractivity contribution in [1.82, 2.24) is 9.97 Å². The molecule has 0 bridgehead atoms. The van der Waals surface area contributed by atoms with Crippen molar-refractivity contribution in [2.24, 2.45) is 0 Å². The number of nitrogens with zero attached hydrogens (tertiary/aromatic N) is 2. The summed E-state index contributed by atoms with van der Waals surface area (Å²) in [5, 5.41) is 0. The average molecular weight is 277 g/mol. The van der Waals surface area contributed by atoms with Crippen molar-refractivity contribution in [1.29, 1.82) is 0 Å². The minimum Gasteiger partial charge on any atom is -0.364 e. The Balaban J connectivity index is 1.66. The zero-order valence-corrected chi connectivity index (χ0v) is 12.3. The Morgan fingerprint density at radius 1 is 1.19 bits per heavy atom. The van der Waals surface area contributed by atoms with Crippen LogP contribution in [0.1, 0.15) is 23.4 Å². The summed E-state index contributed by atoms with van der Waals surface area (Å²) in [4.78, 5) is 10.6. The summed E-state index contributed by atoms with van der Waals surface area (Å²) in [5.41, 5.74) is 6.27. The number of aromatic nitrogens is 2. The fourth-order valence-electron chi connectivity index (χ4n) is 3.21. The van der Waals surface area contributed by atoms with Gasteiger partial charge in [-0.05, 0) is 49.1 Å². The highest BCUT2D eigenvalue weighted by Crippen LogP contribution is 2.28. The maximum absolute atomic E-state index is 4.72. The number of nitrogens with one attached hydrogen (secondary N) is 1. The molecular weight excluding hydrogens is 258 g/mol. The molecule has 0 aliphatic carbocycles. The van der Waals surface area contributed by atoms with E-state index < -0.39 is 0 Å². The van der Waals surface area contributed by atoms with E-state index in [1.165, 1.54) is 29.7 Å². The Hall–Kier alpha value is -2.29. The van der Waals surface area contributed by atoms with Crippen LogP contribution in [0, 0.1) is 6.92 Å². The number of imidazole rings is 1. The number of rotatable bonds is 2. The molecule has 0 amide bonds. The minimum atomic E-state index is 0.852. The van der Waals surface area contributed by atoms with Gasteiger partial charge in [-0.25, -0.2) is 4.98 Å². The third-order valence-electron chi connectivity index (χ3n) is 4.23. The van der Waals surface area contributed by atoms with E-state index in [0.29, 0.717) is 0 Å². The molecule has 1 aliphatic heterocycles. The first-order valence-electron chi connectivity index (χ1n) is 7.58. The van der Waals surface area contributed by atoms with E-state index in [9.17, 15) is 0 Å². The second-order valence-electron chi connectivity index (χ2n) is 5.86. The van der Waals surface area contributed by atoms with Gasteiger partial charge < -0.3 is 9.88 Å². The lowest BCUT2D eigenvalue weighted by molar-refractivity contribution is 0.678. The molecule has 0 atom stereocenters. The highest BCUT2D eigenvalue weighted by molar-refractivity contribution is 5.75. The van der Waals surface area contributed by atoms with E-state index in [-0.39, 0.29) is 0 Å². The van der Waals surface area contributed by atoms with Crippen LogP contribution in [0.4, 0.5) is 5.69 Å². The van der Waals surface area contributed by atoms with Crippen LogP contribution in [0.3, 0.4) is 0 Å². The Kier molecular flexibility index (Phi) is 2.92. The van der Waals surface area contributed by atoms with Crippen molar-refractivity contribution >= 4 is 16.7 Å². The molecule has 3 aromatic rings. The van der Waals surface area contributed by atoms with Gasteiger partial charge in [0.2, 0.25) is 0 Å². The van der Waals surface area contributed by atoms with Gasteiger partial charge in [0.15, 0.2) is 0 Å². The molecular formula is C18H19N3. The van der Waals surface area contributed by atoms with Crippen molar-refractivity contribution in [3.8, 4) is 0 Å². The summed E-state index contributed by atoms with van der Waals surface area (Å²) >= 11 is 0. The number of hydrogen-bond acceptors (Lipinski definition) is 2. The number of fused-ring (bicyclic) bond motifs is 2. The zero-order valence-electron chi connectivity index (χ0n) is 12.3. The molecule has 2 heterocycles. The minimum absolute atomic E-state index is 0.852. The Morgan fingerprint density at radius 3 is 3.05 bits per heavy atom. The number of para-hydroxylation sites is 1. The van der Waals surface area contributed by atoms with Gasteiger partial charge in [0.05, 0.1) is 17.6 Å². The number of hydrogen-bond donors (Lipinski definition) is 1. The highest BCUT2D eigenvalue weighted by atomic mass is 15.2. The van der Waals surface area contributed by atoms with Crippen molar-refractivity contribution in [3.63, 3.8) is 0 Å². The predicted molar refractivity (Wildman–Crippen MR) is 86.6 cm³/mol. The van der Waals surface area contributed by atoms with Crippen molar-refractivity contribution < 1.29 is 0 Å². The summed E-state index contributed by atoms with van der Waals surface area (Å²) in [6, 6.07) is 15.1. The van der Waals surface area contributed by atoms with E-state index in [4.69, 9.17) is 4.98 Å². The van der Waals surface area contributed by atoms with Gasteiger partial charge in [0.25, 0.3) is 0 Å². The van der Waals surface area contributed by atoms with Crippen LogP contribution in [-0.4, -0.2) is 16.5 Å². The first kappa shape index (κ1) is 12.5.